The van der Waals surface area contributed by atoms with Gasteiger partial charge in [-0.25, -0.2) is 4.79 Å². The average Bonchev–Trinajstić information content (AvgIpc) is 2.44. The van der Waals surface area contributed by atoms with Gasteiger partial charge in [0.05, 0.1) is 7.11 Å². The van der Waals surface area contributed by atoms with Crippen LogP contribution >= 0.6 is 0 Å². The highest BCUT2D eigenvalue weighted by atomic mass is 16.5. The second-order valence-electron chi connectivity index (χ2n) is 5.48. The highest BCUT2D eigenvalue weighted by Crippen LogP contribution is 2.15. The first-order valence-electron chi connectivity index (χ1n) is 6.87. The first-order valence-corrected chi connectivity index (χ1v) is 6.87. The molecule has 1 aromatic heterocycles. The topological polar surface area (TPSA) is 71.5 Å². The standard InChI is InChI=1S/C15H23N3O3/c1-10(2)8-13(15(20)21-5)17-11-6-7-16-12(9-11)14(19)18(3)4/h6-7,9-10,13H,8H2,1-5H3,(H,16,17). The molecule has 1 heterocycles. The fourth-order valence-electron chi connectivity index (χ4n) is 1.90. The molecule has 0 aromatic carbocycles. The van der Waals surface area contributed by atoms with E-state index in [-0.39, 0.29) is 11.9 Å². The van der Waals surface area contributed by atoms with E-state index in [2.05, 4.69) is 10.3 Å². The van der Waals surface area contributed by atoms with E-state index in [1.165, 1.54) is 12.0 Å². The van der Waals surface area contributed by atoms with Gasteiger partial charge in [-0.2, -0.15) is 0 Å². The number of methoxy groups -OCH3 is 1. The molecule has 0 fully saturated rings. The Morgan fingerprint density at radius 2 is 2.05 bits per heavy atom. The van der Waals surface area contributed by atoms with Crippen LogP contribution < -0.4 is 5.32 Å². The number of aromatic nitrogens is 1. The summed E-state index contributed by atoms with van der Waals surface area (Å²) in [7, 11) is 4.70. The van der Waals surface area contributed by atoms with Crippen molar-refractivity contribution in [2.75, 3.05) is 26.5 Å². The van der Waals surface area contributed by atoms with Crippen LogP contribution in [0.15, 0.2) is 18.3 Å². The zero-order chi connectivity index (χ0) is 16.0. The van der Waals surface area contributed by atoms with Crippen molar-refractivity contribution in [3.8, 4) is 0 Å². The summed E-state index contributed by atoms with van der Waals surface area (Å²) in [5.74, 6) is -0.163. The molecule has 0 bridgehead atoms. The van der Waals surface area contributed by atoms with Gasteiger partial charge in [-0.1, -0.05) is 13.8 Å². The van der Waals surface area contributed by atoms with E-state index in [0.717, 1.165) is 0 Å². The van der Waals surface area contributed by atoms with Crippen molar-refractivity contribution in [3.63, 3.8) is 0 Å². The normalized spacial score (nSPS) is 11.9. The summed E-state index contributed by atoms with van der Waals surface area (Å²) >= 11 is 0. The van der Waals surface area contributed by atoms with Crippen LogP contribution in [0.25, 0.3) is 0 Å². The summed E-state index contributed by atoms with van der Waals surface area (Å²) in [6.45, 7) is 4.07. The lowest BCUT2D eigenvalue weighted by molar-refractivity contribution is -0.141. The zero-order valence-electron chi connectivity index (χ0n) is 13.2. The fraction of sp³-hybridized carbons (Fsp3) is 0.533. The van der Waals surface area contributed by atoms with Crippen LogP contribution in [0.4, 0.5) is 5.69 Å². The Kier molecular flexibility index (Phi) is 6.14. The third kappa shape index (κ3) is 5.06. The molecule has 0 saturated heterocycles. The van der Waals surface area contributed by atoms with Crippen molar-refractivity contribution >= 4 is 17.6 Å². The molecule has 0 aliphatic rings. The molecule has 1 atom stereocenters. The maximum Gasteiger partial charge on any atom is 0.328 e. The zero-order valence-corrected chi connectivity index (χ0v) is 13.2. The number of nitrogens with zero attached hydrogens (tertiary/aromatic N) is 2. The van der Waals surface area contributed by atoms with Crippen molar-refractivity contribution in [2.24, 2.45) is 5.92 Å². The molecule has 0 radical (unpaired) electrons. The van der Waals surface area contributed by atoms with Gasteiger partial charge >= 0.3 is 5.97 Å². The lowest BCUT2D eigenvalue weighted by Gasteiger charge is -2.19. The molecule has 0 saturated carbocycles. The average molecular weight is 293 g/mol. The van der Waals surface area contributed by atoms with Gasteiger partial charge in [-0.15, -0.1) is 0 Å². The molecule has 0 aliphatic heterocycles. The smallest absolute Gasteiger partial charge is 0.328 e. The van der Waals surface area contributed by atoms with Crippen LogP contribution in [-0.4, -0.2) is 49.0 Å². The van der Waals surface area contributed by atoms with Crippen LogP contribution in [0, 0.1) is 5.92 Å². The summed E-state index contributed by atoms with van der Waals surface area (Å²) in [4.78, 5) is 29.2. The second-order valence-corrected chi connectivity index (χ2v) is 5.48. The van der Waals surface area contributed by atoms with Crippen LogP contribution in [0.3, 0.4) is 0 Å². The number of rotatable bonds is 6. The van der Waals surface area contributed by atoms with E-state index in [9.17, 15) is 9.59 Å². The monoisotopic (exact) mass is 293 g/mol. The minimum absolute atomic E-state index is 0.183. The van der Waals surface area contributed by atoms with E-state index >= 15 is 0 Å². The van der Waals surface area contributed by atoms with Gasteiger partial charge < -0.3 is 15.0 Å². The highest BCUT2D eigenvalue weighted by molar-refractivity contribution is 5.93. The summed E-state index contributed by atoms with van der Waals surface area (Å²) < 4.78 is 4.81. The summed E-state index contributed by atoms with van der Waals surface area (Å²) in [6, 6.07) is 2.92. The SMILES string of the molecule is COC(=O)C(CC(C)C)Nc1ccnc(C(=O)N(C)C)c1. The molecule has 1 aromatic rings. The minimum atomic E-state index is -0.445. The highest BCUT2D eigenvalue weighted by Gasteiger charge is 2.21. The van der Waals surface area contributed by atoms with Gasteiger partial charge in [0.15, 0.2) is 0 Å². The lowest BCUT2D eigenvalue weighted by Crippen LogP contribution is -2.32. The fourth-order valence-corrected chi connectivity index (χ4v) is 1.90. The number of ether oxygens (including phenoxy) is 1. The molecule has 0 spiro atoms. The molecular formula is C15H23N3O3. The van der Waals surface area contributed by atoms with E-state index < -0.39 is 6.04 Å². The predicted octanol–water partition coefficient (Wildman–Crippen LogP) is 1.78. The van der Waals surface area contributed by atoms with Crippen molar-refractivity contribution in [2.45, 2.75) is 26.3 Å². The van der Waals surface area contributed by atoms with E-state index in [0.29, 0.717) is 23.7 Å². The lowest BCUT2D eigenvalue weighted by atomic mass is 10.0. The number of hydrogen-bond donors (Lipinski definition) is 1. The van der Waals surface area contributed by atoms with Crippen molar-refractivity contribution < 1.29 is 14.3 Å². The van der Waals surface area contributed by atoms with Gasteiger partial charge in [0.2, 0.25) is 0 Å². The molecule has 6 nitrogen and oxygen atoms in total. The van der Waals surface area contributed by atoms with Gasteiger partial charge in [0, 0.05) is 26.0 Å². The first kappa shape index (κ1) is 16.9. The Hall–Kier alpha value is -2.11. The van der Waals surface area contributed by atoms with Gasteiger partial charge in [0.25, 0.3) is 5.91 Å². The van der Waals surface area contributed by atoms with Crippen LogP contribution in [0.2, 0.25) is 0 Å². The number of esters is 1. The maximum atomic E-state index is 11.9. The summed E-state index contributed by atoms with van der Waals surface area (Å²) in [6.07, 6.45) is 2.19. The Morgan fingerprint density at radius 1 is 1.38 bits per heavy atom. The number of pyridine rings is 1. The number of hydrogen-bond acceptors (Lipinski definition) is 5. The molecule has 116 valence electrons. The van der Waals surface area contributed by atoms with Gasteiger partial charge in [-0.3, -0.25) is 9.78 Å². The number of nitrogens with one attached hydrogen (secondary N) is 1. The quantitative estimate of drug-likeness (QED) is 0.810. The summed E-state index contributed by atoms with van der Waals surface area (Å²) in [5.41, 5.74) is 1.00. The number of carbonyl (C=O) groups is 2. The molecule has 1 amide bonds. The van der Waals surface area contributed by atoms with E-state index in [4.69, 9.17) is 4.74 Å². The van der Waals surface area contributed by atoms with Gasteiger partial charge in [0.1, 0.15) is 11.7 Å². The third-order valence-corrected chi connectivity index (χ3v) is 2.92. The number of amides is 1. The number of anilines is 1. The minimum Gasteiger partial charge on any atom is -0.467 e. The Morgan fingerprint density at radius 3 is 2.57 bits per heavy atom. The number of carbonyl (C=O) groups excluding carboxylic acids is 2. The van der Waals surface area contributed by atoms with Crippen LogP contribution in [-0.2, 0) is 9.53 Å². The van der Waals surface area contributed by atoms with Crippen molar-refractivity contribution in [1.82, 2.24) is 9.88 Å². The van der Waals surface area contributed by atoms with E-state index in [1.54, 1.807) is 32.4 Å². The van der Waals surface area contributed by atoms with Gasteiger partial charge in [-0.05, 0) is 24.5 Å². The Balaban J connectivity index is 2.91. The third-order valence-electron chi connectivity index (χ3n) is 2.92. The molecule has 1 N–H and O–H groups in total. The molecule has 0 aliphatic carbocycles. The van der Waals surface area contributed by atoms with Crippen LogP contribution in [0.5, 0.6) is 0 Å². The molecule has 1 unspecified atom stereocenters. The van der Waals surface area contributed by atoms with Crippen LogP contribution in [0.1, 0.15) is 30.8 Å². The molecule has 1 rings (SSSR count). The predicted molar refractivity (Wildman–Crippen MR) is 81.1 cm³/mol. The largest absolute Gasteiger partial charge is 0.467 e. The van der Waals surface area contributed by atoms with E-state index in [1.807, 2.05) is 13.8 Å². The van der Waals surface area contributed by atoms with Crippen molar-refractivity contribution in [1.29, 1.82) is 0 Å². The molecule has 21 heavy (non-hydrogen) atoms. The molecular weight excluding hydrogens is 270 g/mol. The maximum absolute atomic E-state index is 11.9. The first-order chi connectivity index (χ1) is 9.85. The molecule has 6 heteroatoms. The van der Waals surface area contributed by atoms with Crippen molar-refractivity contribution in [3.05, 3.63) is 24.0 Å². The Bertz CT molecular complexity index is 501. The summed E-state index contributed by atoms with van der Waals surface area (Å²) in [5, 5.41) is 3.11. The Labute approximate surface area is 125 Å². The second kappa shape index (κ2) is 7.61.